The van der Waals surface area contributed by atoms with E-state index in [-0.39, 0.29) is 11.6 Å². The third-order valence-electron chi connectivity index (χ3n) is 5.95. The average molecular weight is 441 g/mol. The van der Waals surface area contributed by atoms with Crippen molar-refractivity contribution in [1.29, 1.82) is 5.26 Å². The average Bonchev–Trinajstić information content (AvgIpc) is 3.51. The number of aromatic nitrogens is 5. The van der Waals surface area contributed by atoms with E-state index in [1.54, 1.807) is 24.0 Å². The number of carbonyl (C=O) groups is 1. The minimum Gasteiger partial charge on any atom is -0.389 e. The minimum absolute atomic E-state index is 0.198. The Hall–Kier alpha value is -4.03. The number of pyridine rings is 1. The molecule has 3 aromatic heterocycles. The van der Waals surface area contributed by atoms with E-state index in [1.807, 2.05) is 52.8 Å². The highest BCUT2D eigenvalue weighted by Crippen LogP contribution is 2.25. The number of aryl methyl sites for hydroxylation is 1. The number of hydrogen-bond donors (Lipinski definition) is 1. The van der Waals surface area contributed by atoms with Gasteiger partial charge in [0.05, 0.1) is 17.1 Å². The van der Waals surface area contributed by atoms with E-state index in [0.29, 0.717) is 30.2 Å². The van der Waals surface area contributed by atoms with Gasteiger partial charge in [0.1, 0.15) is 18.2 Å². The highest BCUT2D eigenvalue weighted by molar-refractivity contribution is 5.79. The minimum atomic E-state index is -0.758. The molecule has 33 heavy (non-hydrogen) atoms. The molecule has 1 fully saturated rings. The monoisotopic (exact) mass is 441 g/mol. The normalized spacial score (nSPS) is 14.7. The number of imidazole rings is 1. The van der Waals surface area contributed by atoms with Crippen LogP contribution in [0.4, 0.5) is 0 Å². The molecule has 1 unspecified atom stereocenters. The summed E-state index contributed by atoms with van der Waals surface area (Å²) in [7, 11) is 0. The van der Waals surface area contributed by atoms with Crippen LogP contribution in [-0.2, 0) is 11.3 Å². The molecule has 1 saturated heterocycles. The molecule has 1 aromatic carbocycles. The van der Waals surface area contributed by atoms with Crippen LogP contribution >= 0.6 is 0 Å². The molecule has 4 aromatic rings. The van der Waals surface area contributed by atoms with Crippen molar-refractivity contribution in [3.05, 3.63) is 65.2 Å². The molecule has 1 amide bonds. The van der Waals surface area contributed by atoms with Crippen molar-refractivity contribution in [2.45, 2.75) is 39.3 Å². The lowest BCUT2D eigenvalue weighted by Gasteiger charge is -2.16. The molecule has 0 saturated carbocycles. The van der Waals surface area contributed by atoms with Crippen LogP contribution < -0.4 is 0 Å². The molecular formula is C24H23N7O2. The Balaban J connectivity index is 1.55. The van der Waals surface area contributed by atoms with E-state index in [4.69, 9.17) is 4.98 Å². The van der Waals surface area contributed by atoms with Crippen molar-refractivity contribution >= 4 is 16.9 Å². The Labute approximate surface area is 190 Å². The summed E-state index contributed by atoms with van der Waals surface area (Å²) in [6.45, 7) is 4.90. The number of aliphatic hydroxyl groups is 1. The summed E-state index contributed by atoms with van der Waals surface area (Å²) in [5.74, 6) is 1.28. The molecule has 4 heterocycles. The van der Waals surface area contributed by atoms with Crippen LogP contribution in [0.1, 0.15) is 48.4 Å². The highest BCUT2D eigenvalue weighted by Gasteiger charge is 2.21. The second-order valence-corrected chi connectivity index (χ2v) is 8.31. The van der Waals surface area contributed by atoms with Gasteiger partial charge in [0.25, 0.3) is 0 Å². The Kier molecular flexibility index (Phi) is 5.15. The molecule has 166 valence electrons. The zero-order valence-corrected chi connectivity index (χ0v) is 18.4. The molecule has 5 rings (SSSR count). The van der Waals surface area contributed by atoms with E-state index in [0.717, 1.165) is 35.3 Å². The summed E-state index contributed by atoms with van der Waals surface area (Å²) in [6, 6.07) is 13.4. The first kappa shape index (κ1) is 20.8. The van der Waals surface area contributed by atoms with Crippen molar-refractivity contribution in [2.24, 2.45) is 0 Å². The largest absolute Gasteiger partial charge is 0.389 e. The maximum Gasteiger partial charge on any atom is 0.222 e. The zero-order valence-electron chi connectivity index (χ0n) is 18.4. The summed E-state index contributed by atoms with van der Waals surface area (Å²) in [5, 5.41) is 23.8. The van der Waals surface area contributed by atoms with Gasteiger partial charge in [0.15, 0.2) is 11.5 Å². The zero-order chi connectivity index (χ0) is 23.1. The molecule has 1 aliphatic heterocycles. The van der Waals surface area contributed by atoms with Gasteiger partial charge >= 0.3 is 0 Å². The van der Waals surface area contributed by atoms with Crippen LogP contribution in [-0.4, -0.2) is 46.8 Å². The van der Waals surface area contributed by atoms with Gasteiger partial charge in [0, 0.05) is 30.8 Å². The molecule has 1 aliphatic rings. The summed E-state index contributed by atoms with van der Waals surface area (Å²) < 4.78 is 3.45. The van der Waals surface area contributed by atoms with Gasteiger partial charge in [-0.1, -0.05) is 6.07 Å². The predicted octanol–water partition coefficient (Wildman–Crippen LogP) is 2.96. The van der Waals surface area contributed by atoms with Crippen molar-refractivity contribution in [2.75, 3.05) is 6.54 Å². The third kappa shape index (κ3) is 3.75. The second-order valence-electron chi connectivity index (χ2n) is 8.31. The van der Waals surface area contributed by atoms with Gasteiger partial charge in [-0.05, 0) is 56.2 Å². The first-order valence-corrected chi connectivity index (χ1v) is 10.8. The molecule has 0 bridgehead atoms. The lowest BCUT2D eigenvalue weighted by Crippen LogP contribution is -2.23. The Morgan fingerprint density at radius 2 is 2.09 bits per heavy atom. The van der Waals surface area contributed by atoms with Crippen LogP contribution in [0.25, 0.3) is 22.7 Å². The number of likely N-dealkylation sites (tertiary alicyclic amines) is 1. The summed E-state index contributed by atoms with van der Waals surface area (Å²) >= 11 is 0. The SMILES string of the molecule is Cc1cc(C#N)nn1-c1nc(-n2cnc3cc(CN4CCCC4=O)ccc32)ccc1C(C)O. The van der Waals surface area contributed by atoms with Crippen LogP contribution in [0, 0.1) is 18.3 Å². The smallest absolute Gasteiger partial charge is 0.222 e. The number of rotatable bonds is 5. The van der Waals surface area contributed by atoms with Crippen LogP contribution in [0.5, 0.6) is 0 Å². The van der Waals surface area contributed by atoms with Crippen molar-refractivity contribution < 1.29 is 9.90 Å². The first-order valence-electron chi connectivity index (χ1n) is 10.8. The molecule has 9 nitrogen and oxygen atoms in total. The topological polar surface area (TPSA) is 113 Å². The number of hydrogen-bond acceptors (Lipinski definition) is 6. The fraction of sp³-hybridized carbons (Fsp3) is 0.292. The van der Waals surface area contributed by atoms with Gasteiger partial charge in [-0.2, -0.15) is 10.4 Å². The highest BCUT2D eigenvalue weighted by atomic mass is 16.3. The Bertz CT molecular complexity index is 1410. The number of carbonyl (C=O) groups excluding carboxylic acids is 1. The molecule has 0 radical (unpaired) electrons. The number of nitrogens with zero attached hydrogens (tertiary/aromatic N) is 7. The van der Waals surface area contributed by atoms with Gasteiger partial charge in [-0.3, -0.25) is 9.36 Å². The molecule has 1 atom stereocenters. The summed E-state index contributed by atoms with van der Waals surface area (Å²) in [5.41, 5.74) is 4.37. The lowest BCUT2D eigenvalue weighted by molar-refractivity contribution is -0.128. The van der Waals surface area contributed by atoms with Gasteiger partial charge < -0.3 is 10.0 Å². The van der Waals surface area contributed by atoms with Gasteiger partial charge in [-0.15, -0.1) is 0 Å². The van der Waals surface area contributed by atoms with Crippen molar-refractivity contribution in [3.63, 3.8) is 0 Å². The number of benzene rings is 1. The van der Waals surface area contributed by atoms with Gasteiger partial charge in [-0.25, -0.2) is 14.6 Å². The lowest BCUT2D eigenvalue weighted by atomic mass is 10.1. The van der Waals surface area contributed by atoms with E-state index in [2.05, 4.69) is 10.1 Å². The third-order valence-corrected chi connectivity index (χ3v) is 5.95. The Morgan fingerprint density at radius 1 is 1.24 bits per heavy atom. The van der Waals surface area contributed by atoms with Crippen LogP contribution in [0.3, 0.4) is 0 Å². The summed E-state index contributed by atoms with van der Waals surface area (Å²) in [6.07, 6.45) is 2.49. The molecule has 0 spiro atoms. The first-order chi connectivity index (χ1) is 15.9. The number of nitriles is 1. The van der Waals surface area contributed by atoms with E-state index < -0.39 is 6.10 Å². The van der Waals surface area contributed by atoms with E-state index in [9.17, 15) is 15.2 Å². The number of fused-ring (bicyclic) bond motifs is 1. The predicted molar refractivity (Wildman–Crippen MR) is 121 cm³/mol. The van der Waals surface area contributed by atoms with Crippen LogP contribution in [0.15, 0.2) is 42.7 Å². The maximum atomic E-state index is 12.0. The van der Waals surface area contributed by atoms with Crippen molar-refractivity contribution in [3.8, 4) is 17.7 Å². The van der Waals surface area contributed by atoms with Crippen LogP contribution in [0.2, 0.25) is 0 Å². The standard InChI is InChI=1S/C24H23N7O2/c1-15-10-18(12-25)28-31(15)24-19(16(2)32)6-8-22(27-24)30-14-26-20-11-17(5-7-21(20)30)13-29-9-3-4-23(29)33/h5-8,10-11,14,16,32H,3-4,9,13H2,1-2H3. The summed E-state index contributed by atoms with van der Waals surface area (Å²) in [4.78, 5) is 23.2. The maximum absolute atomic E-state index is 12.0. The molecule has 0 aliphatic carbocycles. The van der Waals surface area contributed by atoms with E-state index >= 15 is 0 Å². The second kappa shape index (κ2) is 8.15. The molecular weight excluding hydrogens is 418 g/mol. The molecule has 9 heteroatoms. The fourth-order valence-electron chi connectivity index (χ4n) is 4.25. The van der Waals surface area contributed by atoms with E-state index in [1.165, 1.54) is 0 Å². The fourth-order valence-corrected chi connectivity index (χ4v) is 4.25. The quantitative estimate of drug-likeness (QED) is 0.509. The molecule has 1 N–H and O–H groups in total. The Morgan fingerprint density at radius 3 is 2.79 bits per heavy atom. The van der Waals surface area contributed by atoms with Gasteiger partial charge in [0.2, 0.25) is 5.91 Å². The number of aliphatic hydroxyl groups excluding tert-OH is 1. The van der Waals surface area contributed by atoms with Crippen molar-refractivity contribution in [1.82, 2.24) is 29.2 Å². The number of amides is 1.